The van der Waals surface area contributed by atoms with Crippen molar-refractivity contribution < 1.29 is 36.6 Å². The highest BCUT2D eigenvalue weighted by Crippen LogP contribution is 2.30. The Labute approximate surface area is 180 Å². The largest absolute Gasteiger partial charge is 0.493 e. The number of halogens is 3. The number of ether oxygens (including phenoxy) is 3. The maximum absolute atomic E-state index is 12.6. The van der Waals surface area contributed by atoms with Crippen LogP contribution in [-0.2, 0) is 17.5 Å². The minimum atomic E-state index is -4.45. The van der Waals surface area contributed by atoms with E-state index in [0.29, 0.717) is 22.8 Å². The summed E-state index contributed by atoms with van der Waals surface area (Å²) in [6.45, 7) is 0.0575. The summed E-state index contributed by atoms with van der Waals surface area (Å²) in [6.07, 6.45) is -2.28. The summed E-state index contributed by atoms with van der Waals surface area (Å²) >= 11 is 0. The topological polar surface area (TPSA) is 95.2 Å². The highest BCUT2D eigenvalue weighted by atomic mass is 19.4. The van der Waals surface area contributed by atoms with Crippen LogP contribution in [0.2, 0.25) is 0 Å². The van der Waals surface area contributed by atoms with Crippen LogP contribution in [0.4, 0.5) is 19.0 Å². The van der Waals surface area contributed by atoms with Crippen molar-refractivity contribution in [3.05, 3.63) is 71.3 Å². The number of hydrazone groups is 1. The second kappa shape index (κ2) is 9.86. The first-order valence-corrected chi connectivity index (χ1v) is 9.10. The standard InChI is InChI=1S/C21H18F3N3O5/c1-29-18-9-13(10-26-27-19-8-4-14(11-25-19)21(22,23)24)3-6-16(18)31-12-15-5-7-17(32-15)20(28)30-2/h3-11H,12H2,1-2H3,(H,25,27)/b26-10-. The number of alkyl halides is 3. The molecule has 2 heterocycles. The lowest BCUT2D eigenvalue weighted by molar-refractivity contribution is -0.137. The Morgan fingerprint density at radius 2 is 1.97 bits per heavy atom. The third-order valence-corrected chi connectivity index (χ3v) is 4.09. The molecule has 0 bridgehead atoms. The second-order valence-electron chi connectivity index (χ2n) is 6.26. The summed E-state index contributed by atoms with van der Waals surface area (Å²) in [7, 11) is 2.72. The number of pyridine rings is 1. The maximum atomic E-state index is 12.6. The molecule has 32 heavy (non-hydrogen) atoms. The van der Waals surface area contributed by atoms with Gasteiger partial charge in [-0.05, 0) is 48.0 Å². The van der Waals surface area contributed by atoms with E-state index in [1.54, 1.807) is 24.3 Å². The van der Waals surface area contributed by atoms with Gasteiger partial charge >= 0.3 is 12.1 Å². The molecular weight excluding hydrogens is 431 g/mol. The van der Waals surface area contributed by atoms with Crippen LogP contribution in [0.25, 0.3) is 0 Å². The molecule has 0 saturated carbocycles. The van der Waals surface area contributed by atoms with Gasteiger partial charge in [-0.2, -0.15) is 18.3 Å². The van der Waals surface area contributed by atoms with Crippen LogP contribution in [0.1, 0.15) is 27.4 Å². The van der Waals surface area contributed by atoms with Gasteiger partial charge in [0.1, 0.15) is 18.2 Å². The van der Waals surface area contributed by atoms with Crippen LogP contribution < -0.4 is 14.9 Å². The normalized spacial score (nSPS) is 11.4. The molecule has 1 aromatic carbocycles. The zero-order valence-electron chi connectivity index (χ0n) is 17.0. The summed E-state index contributed by atoms with van der Waals surface area (Å²) < 4.78 is 58.6. The van der Waals surface area contributed by atoms with Crippen LogP contribution in [0, 0.1) is 0 Å². The molecule has 1 N–H and O–H groups in total. The van der Waals surface area contributed by atoms with Gasteiger partial charge in [0.15, 0.2) is 11.5 Å². The first kappa shape index (κ1) is 22.7. The van der Waals surface area contributed by atoms with Gasteiger partial charge in [-0.15, -0.1) is 0 Å². The van der Waals surface area contributed by atoms with Gasteiger partial charge in [0.25, 0.3) is 0 Å². The number of furan rings is 1. The fourth-order valence-corrected chi connectivity index (χ4v) is 2.50. The molecule has 0 atom stereocenters. The number of esters is 1. The summed E-state index contributed by atoms with van der Waals surface area (Å²) in [4.78, 5) is 15.1. The quantitative estimate of drug-likeness (QED) is 0.307. The molecule has 0 unspecified atom stereocenters. The lowest BCUT2D eigenvalue weighted by atomic mass is 10.2. The van der Waals surface area contributed by atoms with Gasteiger partial charge in [-0.1, -0.05) is 0 Å². The van der Waals surface area contributed by atoms with E-state index in [2.05, 4.69) is 20.2 Å². The molecule has 2 aromatic heterocycles. The maximum Gasteiger partial charge on any atom is 0.417 e. The molecule has 11 heteroatoms. The smallest absolute Gasteiger partial charge is 0.417 e. The second-order valence-corrected chi connectivity index (χ2v) is 6.26. The van der Waals surface area contributed by atoms with E-state index < -0.39 is 17.7 Å². The van der Waals surface area contributed by atoms with Gasteiger partial charge in [0.2, 0.25) is 5.76 Å². The van der Waals surface area contributed by atoms with Gasteiger partial charge in [0.05, 0.1) is 26.0 Å². The average molecular weight is 449 g/mol. The molecule has 0 radical (unpaired) electrons. The lowest BCUT2D eigenvalue weighted by Crippen LogP contribution is -2.05. The zero-order valence-corrected chi connectivity index (χ0v) is 17.0. The number of methoxy groups -OCH3 is 2. The van der Waals surface area contributed by atoms with E-state index in [-0.39, 0.29) is 18.2 Å². The number of rotatable bonds is 8. The minimum Gasteiger partial charge on any atom is -0.493 e. The fourth-order valence-electron chi connectivity index (χ4n) is 2.50. The predicted molar refractivity (Wildman–Crippen MR) is 108 cm³/mol. The van der Waals surface area contributed by atoms with Crippen molar-refractivity contribution in [2.45, 2.75) is 12.8 Å². The Bertz CT molecular complexity index is 1090. The molecule has 0 fully saturated rings. The van der Waals surface area contributed by atoms with Gasteiger partial charge in [-0.25, -0.2) is 9.78 Å². The van der Waals surface area contributed by atoms with Gasteiger partial charge in [0, 0.05) is 6.20 Å². The van der Waals surface area contributed by atoms with Crippen LogP contribution in [0.15, 0.2) is 58.2 Å². The Hall–Kier alpha value is -4.02. The van der Waals surface area contributed by atoms with E-state index in [0.717, 1.165) is 12.3 Å². The van der Waals surface area contributed by atoms with E-state index >= 15 is 0 Å². The highest BCUT2D eigenvalue weighted by molar-refractivity contribution is 5.86. The Morgan fingerprint density at radius 1 is 1.16 bits per heavy atom. The van der Waals surface area contributed by atoms with Gasteiger partial charge < -0.3 is 18.6 Å². The number of carbonyl (C=O) groups excluding carboxylic acids is 1. The number of aromatic nitrogens is 1. The van der Waals surface area contributed by atoms with E-state index in [9.17, 15) is 18.0 Å². The first-order valence-electron chi connectivity index (χ1n) is 9.10. The number of nitrogens with zero attached hydrogens (tertiary/aromatic N) is 2. The van der Waals surface area contributed by atoms with E-state index in [1.165, 1.54) is 32.6 Å². The van der Waals surface area contributed by atoms with Crippen molar-refractivity contribution in [1.82, 2.24) is 4.98 Å². The zero-order chi connectivity index (χ0) is 23.1. The summed E-state index contributed by atoms with van der Waals surface area (Å²) in [5.74, 6) is 0.911. The third kappa shape index (κ3) is 5.78. The molecule has 0 aliphatic carbocycles. The molecule has 0 saturated heterocycles. The molecule has 3 aromatic rings. The van der Waals surface area contributed by atoms with E-state index in [4.69, 9.17) is 13.9 Å². The van der Waals surface area contributed by atoms with Gasteiger partial charge in [-0.3, -0.25) is 5.43 Å². The average Bonchev–Trinajstić information content (AvgIpc) is 3.26. The Morgan fingerprint density at radius 3 is 2.62 bits per heavy atom. The molecule has 8 nitrogen and oxygen atoms in total. The third-order valence-electron chi connectivity index (χ3n) is 4.09. The van der Waals surface area contributed by atoms with Crippen LogP contribution >= 0.6 is 0 Å². The van der Waals surface area contributed by atoms with Crippen molar-refractivity contribution in [1.29, 1.82) is 0 Å². The Balaban J connectivity index is 1.60. The minimum absolute atomic E-state index is 0.0575. The molecule has 0 aliphatic rings. The number of nitrogens with one attached hydrogen (secondary N) is 1. The van der Waals surface area contributed by atoms with Crippen LogP contribution in [-0.4, -0.2) is 31.4 Å². The van der Waals surface area contributed by atoms with Crippen molar-refractivity contribution in [3.8, 4) is 11.5 Å². The SMILES string of the molecule is COC(=O)c1ccc(COc2ccc(/C=N\Nc3ccc(C(F)(F)F)cn3)cc2OC)o1. The molecule has 3 rings (SSSR count). The molecule has 168 valence electrons. The molecule has 0 spiro atoms. The van der Waals surface area contributed by atoms with Crippen LogP contribution in [0.5, 0.6) is 11.5 Å². The van der Waals surface area contributed by atoms with Crippen molar-refractivity contribution >= 4 is 18.0 Å². The monoisotopic (exact) mass is 449 g/mol. The molecule has 0 amide bonds. The van der Waals surface area contributed by atoms with Crippen molar-refractivity contribution in [2.24, 2.45) is 5.10 Å². The summed E-state index contributed by atoms with van der Waals surface area (Å²) in [5, 5.41) is 3.96. The summed E-state index contributed by atoms with van der Waals surface area (Å²) in [5.41, 5.74) is 2.35. The number of carbonyl (C=O) groups is 1. The molecular formula is C21H18F3N3O5. The van der Waals surface area contributed by atoms with E-state index in [1.807, 2.05) is 0 Å². The number of hydrogen-bond acceptors (Lipinski definition) is 8. The number of anilines is 1. The fraction of sp³-hybridized carbons (Fsp3) is 0.190. The first-order chi connectivity index (χ1) is 15.3. The van der Waals surface area contributed by atoms with Crippen LogP contribution in [0.3, 0.4) is 0 Å². The van der Waals surface area contributed by atoms with Crippen molar-refractivity contribution in [2.75, 3.05) is 19.6 Å². The number of hydrogen-bond donors (Lipinski definition) is 1. The molecule has 0 aliphatic heterocycles. The number of benzene rings is 1. The Kier molecular flexibility index (Phi) is 6.98. The highest BCUT2D eigenvalue weighted by Gasteiger charge is 2.30. The lowest BCUT2D eigenvalue weighted by Gasteiger charge is -2.10. The summed E-state index contributed by atoms with van der Waals surface area (Å²) in [6, 6.07) is 10.2. The predicted octanol–water partition coefficient (Wildman–Crippen LogP) is 4.51. The van der Waals surface area contributed by atoms with Crippen molar-refractivity contribution in [3.63, 3.8) is 0 Å².